The van der Waals surface area contributed by atoms with E-state index in [1.165, 1.54) is 6.07 Å². The lowest BCUT2D eigenvalue weighted by Crippen LogP contribution is -2.10. The van der Waals surface area contributed by atoms with Crippen LogP contribution < -0.4 is 5.32 Å². The molecule has 1 amide bonds. The normalized spacial score (nSPS) is 9.94. The van der Waals surface area contributed by atoms with Gasteiger partial charge in [-0.1, -0.05) is 6.92 Å². The van der Waals surface area contributed by atoms with Gasteiger partial charge < -0.3 is 5.32 Å². The number of nitro groups is 1. The third-order valence-corrected chi connectivity index (χ3v) is 2.73. The molecule has 0 atom stereocenters. The van der Waals surface area contributed by atoms with Crippen LogP contribution in [0.1, 0.15) is 18.9 Å². The first kappa shape index (κ1) is 12.6. The molecule has 0 saturated heterocycles. The van der Waals surface area contributed by atoms with E-state index in [9.17, 15) is 14.9 Å². The van der Waals surface area contributed by atoms with Gasteiger partial charge in [0, 0.05) is 22.5 Å². The summed E-state index contributed by atoms with van der Waals surface area (Å²) in [5.74, 6) is -0.182. The number of nitro benzene ring substituents is 1. The number of hydrogen-bond donors (Lipinski definition) is 1. The largest absolute Gasteiger partial charge is 0.325 e. The predicted octanol–water partition coefficient (Wildman–Crippen LogP) is 3.01. The van der Waals surface area contributed by atoms with Crippen molar-refractivity contribution in [2.24, 2.45) is 0 Å². The molecular formula is C10H11BrN2O3. The fraction of sp³-hybridized carbons (Fsp3) is 0.300. The Morgan fingerprint density at radius 1 is 1.56 bits per heavy atom. The Kier molecular flexibility index (Phi) is 4.00. The molecule has 1 N–H and O–H groups in total. The van der Waals surface area contributed by atoms with Crippen molar-refractivity contribution in [2.75, 3.05) is 5.32 Å². The molecule has 5 nitrogen and oxygen atoms in total. The van der Waals surface area contributed by atoms with Crippen molar-refractivity contribution >= 4 is 33.2 Å². The van der Waals surface area contributed by atoms with Crippen molar-refractivity contribution in [1.82, 2.24) is 0 Å². The highest BCUT2D eigenvalue weighted by molar-refractivity contribution is 9.10. The van der Waals surface area contributed by atoms with Gasteiger partial charge in [-0.2, -0.15) is 0 Å². The summed E-state index contributed by atoms with van der Waals surface area (Å²) < 4.78 is 0.636. The van der Waals surface area contributed by atoms with Crippen molar-refractivity contribution in [3.8, 4) is 0 Å². The lowest BCUT2D eigenvalue weighted by Gasteiger charge is -2.07. The number of amides is 1. The Hall–Kier alpha value is -1.43. The maximum absolute atomic E-state index is 11.2. The van der Waals surface area contributed by atoms with Crippen LogP contribution in [0.3, 0.4) is 0 Å². The van der Waals surface area contributed by atoms with Gasteiger partial charge in [0.05, 0.1) is 10.6 Å². The summed E-state index contributed by atoms with van der Waals surface area (Å²) >= 11 is 3.25. The second-order valence-electron chi connectivity index (χ2n) is 3.28. The molecular weight excluding hydrogens is 276 g/mol. The third kappa shape index (κ3) is 2.79. The highest BCUT2D eigenvalue weighted by Gasteiger charge is 2.15. The number of rotatable bonds is 3. The highest BCUT2D eigenvalue weighted by Crippen LogP contribution is 2.30. The van der Waals surface area contributed by atoms with Crippen LogP contribution in [0.15, 0.2) is 16.6 Å². The minimum atomic E-state index is -0.469. The number of anilines is 1. The van der Waals surface area contributed by atoms with Crippen LogP contribution in [0.2, 0.25) is 0 Å². The quantitative estimate of drug-likeness (QED) is 0.686. The van der Waals surface area contributed by atoms with Crippen LogP contribution in [-0.2, 0) is 4.79 Å². The third-order valence-electron chi connectivity index (χ3n) is 2.08. The maximum Gasteiger partial charge on any atom is 0.274 e. The summed E-state index contributed by atoms with van der Waals surface area (Å²) in [6.07, 6.45) is 0.327. The molecule has 0 aliphatic rings. The molecule has 0 heterocycles. The van der Waals surface area contributed by atoms with E-state index < -0.39 is 4.92 Å². The lowest BCUT2D eigenvalue weighted by molar-refractivity contribution is -0.385. The summed E-state index contributed by atoms with van der Waals surface area (Å²) in [4.78, 5) is 21.4. The molecule has 1 rings (SSSR count). The zero-order chi connectivity index (χ0) is 12.3. The number of nitrogens with one attached hydrogen (secondary N) is 1. The number of nitrogens with zero attached hydrogens (tertiary/aromatic N) is 1. The van der Waals surface area contributed by atoms with Crippen LogP contribution in [-0.4, -0.2) is 10.8 Å². The van der Waals surface area contributed by atoms with Crippen LogP contribution in [0, 0.1) is 17.0 Å². The van der Waals surface area contributed by atoms with Crippen molar-refractivity contribution < 1.29 is 9.72 Å². The Bertz CT molecular complexity index is 446. The molecule has 1 aromatic carbocycles. The first-order chi connectivity index (χ1) is 7.45. The Morgan fingerprint density at radius 2 is 2.19 bits per heavy atom. The van der Waals surface area contributed by atoms with E-state index in [0.29, 0.717) is 22.1 Å². The summed E-state index contributed by atoms with van der Waals surface area (Å²) in [6.45, 7) is 3.36. The average Bonchev–Trinajstić information content (AvgIpc) is 2.21. The summed E-state index contributed by atoms with van der Waals surface area (Å²) in [7, 11) is 0. The van der Waals surface area contributed by atoms with Crippen LogP contribution in [0.5, 0.6) is 0 Å². The number of aryl methyl sites for hydroxylation is 1. The van der Waals surface area contributed by atoms with E-state index in [-0.39, 0.29) is 11.6 Å². The van der Waals surface area contributed by atoms with E-state index in [1.807, 2.05) is 0 Å². The van der Waals surface area contributed by atoms with E-state index >= 15 is 0 Å². The molecule has 16 heavy (non-hydrogen) atoms. The summed E-state index contributed by atoms with van der Waals surface area (Å²) in [5.41, 5.74) is 0.963. The van der Waals surface area contributed by atoms with Gasteiger partial charge in [0.15, 0.2) is 0 Å². The molecule has 86 valence electrons. The SMILES string of the molecule is CCC(=O)Nc1cc([N+](=O)[O-])c(C)cc1Br. The van der Waals surface area contributed by atoms with Gasteiger partial charge in [-0.25, -0.2) is 0 Å². The minimum Gasteiger partial charge on any atom is -0.325 e. The standard InChI is InChI=1S/C10H11BrN2O3/c1-3-10(14)12-8-5-9(13(15)16)6(2)4-7(8)11/h4-5H,3H2,1-2H3,(H,12,14). The van der Waals surface area contributed by atoms with Gasteiger partial charge in [0.2, 0.25) is 5.91 Å². The molecule has 0 unspecified atom stereocenters. The Balaban J connectivity index is 3.14. The molecule has 0 fully saturated rings. The predicted molar refractivity (Wildman–Crippen MR) is 64.5 cm³/mol. The average molecular weight is 287 g/mol. The van der Waals surface area contributed by atoms with E-state index in [2.05, 4.69) is 21.2 Å². The summed E-state index contributed by atoms with van der Waals surface area (Å²) in [6, 6.07) is 2.97. The number of hydrogen-bond acceptors (Lipinski definition) is 3. The van der Waals surface area contributed by atoms with Gasteiger partial charge >= 0.3 is 0 Å². The number of benzene rings is 1. The van der Waals surface area contributed by atoms with Crippen molar-refractivity contribution in [3.05, 3.63) is 32.3 Å². The highest BCUT2D eigenvalue weighted by atomic mass is 79.9. The van der Waals surface area contributed by atoms with Crippen molar-refractivity contribution in [3.63, 3.8) is 0 Å². The molecule has 0 aliphatic carbocycles. The fourth-order valence-electron chi connectivity index (χ4n) is 1.19. The molecule has 0 aromatic heterocycles. The maximum atomic E-state index is 11.2. The number of carbonyl (C=O) groups excluding carboxylic acids is 1. The van der Waals surface area contributed by atoms with Crippen molar-refractivity contribution in [2.45, 2.75) is 20.3 Å². The smallest absolute Gasteiger partial charge is 0.274 e. The zero-order valence-electron chi connectivity index (χ0n) is 8.91. The number of halogens is 1. The number of carbonyl (C=O) groups is 1. The fourth-order valence-corrected chi connectivity index (χ4v) is 1.75. The van der Waals surface area contributed by atoms with Gasteiger partial charge in [-0.05, 0) is 28.9 Å². The topological polar surface area (TPSA) is 72.2 Å². The Morgan fingerprint density at radius 3 is 2.69 bits per heavy atom. The molecule has 6 heteroatoms. The van der Waals surface area contributed by atoms with Crippen LogP contribution in [0.25, 0.3) is 0 Å². The van der Waals surface area contributed by atoms with E-state index in [0.717, 1.165) is 0 Å². The zero-order valence-corrected chi connectivity index (χ0v) is 10.5. The second-order valence-corrected chi connectivity index (χ2v) is 4.13. The van der Waals surface area contributed by atoms with Gasteiger partial charge in [0.1, 0.15) is 0 Å². The molecule has 1 aromatic rings. The molecule has 0 bridgehead atoms. The molecule has 0 aliphatic heterocycles. The monoisotopic (exact) mass is 286 g/mol. The first-order valence-electron chi connectivity index (χ1n) is 4.70. The molecule has 0 radical (unpaired) electrons. The van der Waals surface area contributed by atoms with Crippen LogP contribution >= 0.6 is 15.9 Å². The minimum absolute atomic E-state index is 0.00500. The van der Waals surface area contributed by atoms with E-state index in [4.69, 9.17) is 0 Å². The lowest BCUT2D eigenvalue weighted by atomic mass is 10.2. The van der Waals surface area contributed by atoms with Gasteiger partial charge in [-0.3, -0.25) is 14.9 Å². The summed E-state index contributed by atoms with van der Waals surface area (Å²) in [5, 5.41) is 13.3. The van der Waals surface area contributed by atoms with Crippen molar-refractivity contribution in [1.29, 1.82) is 0 Å². The second kappa shape index (κ2) is 5.07. The van der Waals surface area contributed by atoms with Gasteiger partial charge in [-0.15, -0.1) is 0 Å². The van der Waals surface area contributed by atoms with Crippen LogP contribution in [0.4, 0.5) is 11.4 Å². The molecule has 0 saturated carbocycles. The first-order valence-corrected chi connectivity index (χ1v) is 5.49. The van der Waals surface area contributed by atoms with E-state index in [1.54, 1.807) is 19.9 Å². The molecule has 0 spiro atoms. The Labute approximate surface area is 101 Å². The van der Waals surface area contributed by atoms with Gasteiger partial charge in [0.25, 0.3) is 5.69 Å².